The molecule has 1 atom stereocenters. The van der Waals surface area contributed by atoms with Gasteiger partial charge in [-0.15, -0.1) is 0 Å². The molecule has 4 heteroatoms. The topological polar surface area (TPSA) is 57.6 Å². The van der Waals surface area contributed by atoms with Gasteiger partial charge in [-0.2, -0.15) is 0 Å². The molecular weight excluding hydrogens is 218 g/mol. The zero-order chi connectivity index (χ0) is 13.8. The molecule has 0 radical (unpaired) electrons. The van der Waals surface area contributed by atoms with Gasteiger partial charge in [0.1, 0.15) is 0 Å². The van der Waals surface area contributed by atoms with Gasteiger partial charge >= 0.3 is 5.97 Å². The van der Waals surface area contributed by atoms with Gasteiger partial charge in [0.05, 0.1) is 6.42 Å². The fraction of sp³-hybridized carbons (Fsp3) is 0.846. The third kappa shape index (κ3) is 7.77. The first-order valence-electron chi connectivity index (χ1n) is 6.60. The predicted molar refractivity (Wildman–Crippen MR) is 70.0 cm³/mol. The zero-order valence-corrected chi connectivity index (χ0v) is 11.8. The zero-order valence-electron chi connectivity index (χ0n) is 11.8. The maximum atomic E-state index is 11.1. The summed E-state index contributed by atoms with van der Waals surface area (Å²) in [6, 6.07) is -0.0799. The average molecular weight is 245 g/mol. The van der Waals surface area contributed by atoms with E-state index in [9.17, 15) is 9.59 Å². The summed E-state index contributed by atoms with van der Waals surface area (Å²) < 4.78 is 0. The number of hydrogen-bond acceptors (Lipinski definition) is 2. The van der Waals surface area contributed by atoms with Gasteiger partial charge < -0.3 is 10.0 Å². The van der Waals surface area contributed by atoms with Crippen LogP contribution in [0.4, 0.5) is 0 Å². The van der Waals surface area contributed by atoms with Crippen LogP contribution in [0.5, 0.6) is 0 Å². The molecule has 0 aromatic heterocycles. The second-order valence-corrected chi connectivity index (χ2v) is 3.46. The Morgan fingerprint density at radius 2 is 1.71 bits per heavy atom. The lowest BCUT2D eigenvalue weighted by molar-refractivity contribution is -0.141. The highest BCUT2D eigenvalue weighted by atomic mass is 16.4. The summed E-state index contributed by atoms with van der Waals surface area (Å²) in [5.41, 5.74) is 0. The summed E-state index contributed by atoms with van der Waals surface area (Å²) >= 11 is 0. The van der Waals surface area contributed by atoms with E-state index < -0.39 is 5.97 Å². The summed E-state index contributed by atoms with van der Waals surface area (Å²) in [5, 5.41) is 8.63. The van der Waals surface area contributed by atoms with Crippen molar-refractivity contribution in [1.82, 2.24) is 4.90 Å². The Morgan fingerprint density at radius 3 is 2.12 bits per heavy atom. The Balaban J connectivity index is 0. The van der Waals surface area contributed by atoms with E-state index >= 15 is 0 Å². The lowest BCUT2D eigenvalue weighted by atomic mass is 9.99. The summed E-state index contributed by atoms with van der Waals surface area (Å²) in [7, 11) is 0. The van der Waals surface area contributed by atoms with Crippen molar-refractivity contribution in [2.45, 2.75) is 66.3 Å². The van der Waals surface area contributed by atoms with E-state index in [0.29, 0.717) is 6.54 Å². The van der Waals surface area contributed by atoms with Crippen molar-refractivity contribution in [3.05, 3.63) is 0 Å². The Hall–Kier alpha value is -1.06. The molecule has 1 fully saturated rings. The maximum Gasteiger partial charge on any atom is 0.305 e. The molecule has 0 aromatic carbocycles. The van der Waals surface area contributed by atoms with Crippen molar-refractivity contribution in [1.29, 1.82) is 0 Å². The largest absolute Gasteiger partial charge is 0.481 e. The summed E-state index contributed by atoms with van der Waals surface area (Å²) in [6.07, 6.45) is 2.93. The van der Waals surface area contributed by atoms with Gasteiger partial charge in [-0.1, -0.05) is 27.7 Å². The predicted octanol–water partition coefficient (Wildman–Crippen LogP) is 2.91. The fourth-order valence-electron chi connectivity index (χ4n) is 1.83. The number of carbonyl (C=O) groups excluding carboxylic acids is 1. The van der Waals surface area contributed by atoms with Gasteiger partial charge in [-0.05, 0) is 19.3 Å². The number of carboxylic acid groups (broad SMARTS) is 1. The molecule has 1 aliphatic rings. The minimum Gasteiger partial charge on any atom is -0.481 e. The second-order valence-electron chi connectivity index (χ2n) is 3.46. The van der Waals surface area contributed by atoms with Crippen LogP contribution in [0.2, 0.25) is 0 Å². The Kier molecular flexibility index (Phi) is 12.3. The molecule has 1 heterocycles. The number of carbonyl (C=O) groups is 2. The lowest BCUT2D eigenvalue weighted by Crippen LogP contribution is -2.43. The van der Waals surface area contributed by atoms with E-state index in [-0.39, 0.29) is 18.4 Å². The molecule has 17 heavy (non-hydrogen) atoms. The third-order valence-corrected chi connectivity index (χ3v) is 2.44. The van der Waals surface area contributed by atoms with E-state index in [1.807, 2.05) is 27.7 Å². The first-order chi connectivity index (χ1) is 8.11. The van der Waals surface area contributed by atoms with Crippen molar-refractivity contribution in [3.8, 4) is 0 Å². The smallest absolute Gasteiger partial charge is 0.305 e. The molecule has 1 unspecified atom stereocenters. The fourth-order valence-corrected chi connectivity index (χ4v) is 1.83. The van der Waals surface area contributed by atoms with E-state index in [2.05, 4.69) is 0 Å². The minimum absolute atomic E-state index is 0.00838. The van der Waals surface area contributed by atoms with Crippen LogP contribution in [-0.4, -0.2) is 34.5 Å². The van der Waals surface area contributed by atoms with Gasteiger partial charge in [0.2, 0.25) is 5.91 Å². The van der Waals surface area contributed by atoms with Crippen molar-refractivity contribution in [3.63, 3.8) is 0 Å². The van der Waals surface area contributed by atoms with Gasteiger partial charge in [-0.25, -0.2) is 0 Å². The van der Waals surface area contributed by atoms with E-state index in [4.69, 9.17) is 5.11 Å². The van der Waals surface area contributed by atoms with Crippen LogP contribution in [0.15, 0.2) is 0 Å². The number of aliphatic carboxylic acids is 1. The van der Waals surface area contributed by atoms with Gasteiger partial charge in [0.15, 0.2) is 0 Å². The molecule has 4 nitrogen and oxygen atoms in total. The Labute approximate surface area is 105 Å². The molecular formula is C13H27NO3. The number of piperidine rings is 1. The molecule has 0 spiro atoms. The van der Waals surface area contributed by atoms with Gasteiger partial charge in [0, 0.05) is 19.5 Å². The van der Waals surface area contributed by atoms with Crippen LogP contribution < -0.4 is 0 Å². The Bertz CT molecular complexity index is 217. The van der Waals surface area contributed by atoms with Crippen molar-refractivity contribution < 1.29 is 14.7 Å². The first kappa shape index (κ1) is 18.3. The quantitative estimate of drug-likeness (QED) is 0.813. The van der Waals surface area contributed by atoms with Crippen LogP contribution >= 0.6 is 0 Å². The number of hydrogen-bond donors (Lipinski definition) is 1. The summed E-state index contributed by atoms with van der Waals surface area (Å²) in [6.45, 7) is 10.2. The van der Waals surface area contributed by atoms with Gasteiger partial charge in [-0.3, -0.25) is 9.59 Å². The first-order valence-corrected chi connectivity index (χ1v) is 6.60. The number of rotatable bonds is 2. The standard InChI is InChI=1S/C9H15NO3.2C2H6/c1-7(11)10-5-3-2-4-8(10)6-9(12)13;2*1-2/h8H,2-6H2,1H3,(H,12,13);2*1-2H3. The highest BCUT2D eigenvalue weighted by Gasteiger charge is 2.25. The number of amides is 1. The molecule has 1 amide bonds. The molecule has 0 aromatic rings. The van der Waals surface area contributed by atoms with Crippen LogP contribution in [0, 0.1) is 0 Å². The normalized spacial score (nSPS) is 18.2. The van der Waals surface area contributed by atoms with E-state index in [0.717, 1.165) is 19.3 Å². The molecule has 0 saturated carbocycles. The third-order valence-electron chi connectivity index (χ3n) is 2.44. The molecule has 0 bridgehead atoms. The number of nitrogens with zero attached hydrogens (tertiary/aromatic N) is 1. The highest BCUT2D eigenvalue weighted by Crippen LogP contribution is 2.19. The molecule has 1 rings (SSSR count). The van der Waals surface area contributed by atoms with Gasteiger partial charge in [0.25, 0.3) is 0 Å². The summed E-state index contributed by atoms with van der Waals surface area (Å²) in [4.78, 5) is 23.3. The van der Waals surface area contributed by atoms with E-state index in [1.54, 1.807) is 4.90 Å². The second kappa shape index (κ2) is 11.4. The molecule has 1 saturated heterocycles. The molecule has 1 N–H and O–H groups in total. The SMILES string of the molecule is CC.CC.CC(=O)N1CCCCC1CC(=O)O. The number of carboxylic acids is 1. The molecule has 0 aliphatic carbocycles. The average Bonchev–Trinajstić information content (AvgIpc) is 2.34. The van der Waals surface area contributed by atoms with Crippen molar-refractivity contribution in [2.75, 3.05) is 6.54 Å². The van der Waals surface area contributed by atoms with Crippen LogP contribution in [-0.2, 0) is 9.59 Å². The molecule has 1 aliphatic heterocycles. The van der Waals surface area contributed by atoms with Crippen molar-refractivity contribution >= 4 is 11.9 Å². The van der Waals surface area contributed by atoms with Crippen LogP contribution in [0.25, 0.3) is 0 Å². The number of likely N-dealkylation sites (tertiary alicyclic amines) is 1. The highest BCUT2D eigenvalue weighted by molar-refractivity contribution is 5.75. The monoisotopic (exact) mass is 245 g/mol. The van der Waals surface area contributed by atoms with Crippen molar-refractivity contribution in [2.24, 2.45) is 0 Å². The molecule has 102 valence electrons. The summed E-state index contributed by atoms with van der Waals surface area (Å²) in [5.74, 6) is -0.830. The van der Waals surface area contributed by atoms with E-state index in [1.165, 1.54) is 6.92 Å². The Morgan fingerprint density at radius 1 is 1.18 bits per heavy atom. The maximum absolute atomic E-state index is 11.1. The minimum atomic E-state index is -0.821. The van der Waals surface area contributed by atoms with Crippen LogP contribution in [0.3, 0.4) is 0 Å². The van der Waals surface area contributed by atoms with Crippen LogP contribution in [0.1, 0.15) is 60.3 Å². The lowest BCUT2D eigenvalue weighted by Gasteiger charge is -2.34.